The molecule has 1 aromatic heterocycles. The number of aliphatic imine (C=N–C) groups is 1. The van der Waals surface area contributed by atoms with Crippen LogP contribution in [-0.4, -0.2) is 31.6 Å². The van der Waals surface area contributed by atoms with Crippen molar-refractivity contribution >= 4 is 5.96 Å². The number of methoxy groups -OCH3 is 1. The molecule has 1 heterocycles. The molecule has 156 valence electrons. The number of nitrogens with zero attached hydrogens (tertiary/aromatic N) is 2. The van der Waals surface area contributed by atoms with Crippen LogP contribution in [0.25, 0.3) is 0 Å². The summed E-state index contributed by atoms with van der Waals surface area (Å²) in [6.45, 7) is 1.15. The summed E-state index contributed by atoms with van der Waals surface area (Å²) in [5.41, 5.74) is 1.95. The maximum Gasteiger partial charge on any atom is 0.224 e. The summed E-state index contributed by atoms with van der Waals surface area (Å²) in [4.78, 5) is 8.52. The molecule has 3 aromatic rings. The number of ether oxygens (including phenoxy) is 2. The Balaban J connectivity index is 1.56. The van der Waals surface area contributed by atoms with Gasteiger partial charge in [0.2, 0.25) is 5.88 Å². The SMILES string of the molecule is CN=C(NCCc1ccccc1OC)NCc1cccnc1Oc1cccc(F)c1. The summed E-state index contributed by atoms with van der Waals surface area (Å²) >= 11 is 0. The van der Waals surface area contributed by atoms with Gasteiger partial charge in [-0.15, -0.1) is 0 Å². The van der Waals surface area contributed by atoms with E-state index in [1.807, 2.05) is 36.4 Å². The Morgan fingerprint density at radius 1 is 1.03 bits per heavy atom. The number of benzene rings is 2. The minimum atomic E-state index is -0.359. The van der Waals surface area contributed by atoms with Crippen molar-refractivity contribution in [2.24, 2.45) is 4.99 Å². The van der Waals surface area contributed by atoms with E-state index >= 15 is 0 Å². The molecule has 2 aromatic carbocycles. The standard InChI is InChI=1S/C23H25FN4O2/c1-25-23(27-14-12-17-7-3-4-11-21(17)29-2)28-16-18-8-6-13-26-22(18)30-20-10-5-9-19(24)15-20/h3-11,13,15H,12,14,16H2,1-2H3,(H2,25,27,28). The van der Waals surface area contributed by atoms with Crippen LogP contribution >= 0.6 is 0 Å². The summed E-state index contributed by atoms with van der Waals surface area (Å²) in [5.74, 6) is 1.99. The number of hydrogen-bond donors (Lipinski definition) is 2. The van der Waals surface area contributed by atoms with Crippen LogP contribution in [0.1, 0.15) is 11.1 Å². The van der Waals surface area contributed by atoms with E-state index in [0.29, 0.717) is 30.7 Å². The Hall–Kier alpha value is -3.61. The van der Waals surface area contributed by atoms with Gasteiger partial charge in [-0.25, -0.2) is 9.37 Å². The molecule has 0 unspecified atom stereocenters. The molecule has 0 radical (unpaired) electrons. The van der Waals surface area contributed by atoms with E-state index in [0.717, 1.165) is 23.3 Å². The maximum absolute atomic E-state index is 13.4. The van der Waals surface area contributed by atoms with E-state index in [1.54, 1.807) is 32.5 Å². The fourth-order valence-corrected chi connectivity index (χ4v) is 2.92. The third-order valence-corrected chi connectivity index (χ3v) is 4.41. The molecule has 0 saturated heterocycles. The second kappa shape index (κ2) is 10.8. The van der Waals surface area contributed by atoms with Crippen molar-refractivity contribution in [3.05, 3.63) is 83.8 Å². The molecule has 30 heavy (non-hydrogen) atoms. The summed E-state index contributed by atoms with van der Waals surface area (Å²) < 4.78 is 24.6. The topological polar surface area (TPSA) is 67.8 Å². The molecule has 2 N–H and O–H groups in total. The number of rotatable bonds is 8. The first-order valence-corrected chi connectivity index (χ1v) is 9.63. The van der Waals surface area contributed by atoms with Crippen molar-refractivity contribution in [3.8, 4) is 17.4 Å². The number of hydrogen-bond acceptors (Lipinski definition) is 4. The first-order valence-electron chi connectivity index (χ1n) is 9.63. The van der Waals surface area contributed by atoms with E-state index in [2.05, 4.69) is 20.6 Å². The highest BCUT2D eigenvalue weighted by Gasteiger charge is 2.08. The zero-order valence-electron chi connectivity index (χ0n) is 17.1. The second-order valence-corrected chi connectivity index (χ2v) is 6.44. The normalized spacial score (nSPS) is 11.1. The van der Waals surface area contributed by atoms with Gasteiger partial charge < -0.3 is 20.1 Å². The van der Waals surface area contributed by atoms with Crippen LogP contribution in [0, 0.1) is 5.82 Å². The second-order valence-electron chi connectivity index (χ2n) is 6.44. The predicted octanol–water partition coefficient (Wildman–Crippen LogP) is 3.93. The van der Waals surface area contributed by atoms with Crippen LogP contribution in [0.15, 0.2) is 71.9 Å². The third-order valence-electron chi connectivity index (χ3n) is 4.41. The molecule has 0 atom stereocenters. The van der Waals surface area contributed by atoms with Crippen molar-refractivity contribution in [2.45, 2.75) is 13.0 Å². The summed E-state index contributed by atoms with van der Waals surface area (Å²) in [5, 5.41) is 6.54. The highest BCUT2D eigenvalue weighted by Crippen LogP contribution is 2.23. The minimum Gasteiger partial charge on any atom is -0.496 e. The van der Waals surface area contributed by atoms with E-state index < -0.39 is 0 Å². The molecule has 0 saturated carbocycles. The summed E-state index contributed by atoms with van der Waals surface area (Å²) in [6, 6.07) is 17.6. The number of para-hydroxylation sites is 1. The van der Waals surface area contributed by atoms with Gasteiger partial charge >= 0.3 is 0 Å². The highest BCUT2D eigenvalue weighted by atomic mass is 19.1. The lowest BCUT2D eigenvalue weighted by molar-refractivity contribution is 0.409. The Kier molecular flexibility index (Phi) is 7.60. The first-order chi connectivity index (χ1) is 14.7. The van der Waals surface area contributed by atoms with Crippen LogP contribution in [0.5, 0.6) is 17.4 Å². The Morgan fingerprint density at radius 2 is 1.87 bits per heavy atom. The van der Waals surface area contributed by atoms with Crippen molar-refractivity contribution in [3.63, 3.8) is 0 Å². The number of guanidine groups is 1. The van der Waals surface area contributed by atoms with Crippen molar-refractivity contribution in [2.75, 3.05) is 20.7 Å². The Morgan fingerprint density at radius 3 is 2.67 bits per heavy atom. The first kappa shape index (κ1) is 21.1. The van der Waals surface area contributed by atoms with Gasteiger partial charge in [0.15, 0.2) is 5.96 Å². The van der Waals surface area contributed by atoms with Crippen LogP contribution in [-0.2, 0) is 13.0 Å². The lowest BCUT2D eigenvalue weighted by Crippen LogP contribution is -2.38. The number of halogens is 1. The van der Waals surface area contributed by atoms with Gasteiger partial charge in [0, 0.05) is 38.0 Å². The molecule has 0 aliphatic rings. The molecular weight excluding hydrogens is 383 g/mol. The van der Waals surface area contributed by atoms with Crippen LogP contribution < -0.4 is 20.1 Å². The number of nitrogens with one attached hydrogen (secondary N) is 2. The Labute approximate surface area is 175 Å². The van der Waals surface area contributed by atoms with Crippen LogP contribution in [0.3, 0.4) is 0 Å². The summed E-state index contributed by atoms with van der Waals surface area (Å²) in [6.07, 6.45) is 2.43. The maximum atomic E-state index is 13.4. The van der Waals surface area contributed by atoms with Crippen molar-refractivity contribution in [1.29, 1.82) is 0 Å². The fourth-order valence-electron chi connectivity index (χ4n) is 2.92. The molecule has 6 nitrogen and oxygen atoms in total. The molecular formula is C23H25FN4O2. The van der Waals surface area contributed by atoms with E-state index in [9.17, 15) is 4.39 Å². The van der Waals surface area contributed by atoms with E-state index in [-0.39, 0.29) is 5.82 Å². The molecule has 0 aliphatic heterocycles. The van der Waals surface area contributed by atoms with Gasteiger partial charge in [0.05, 0.1) is 7.11 Å². The van der Waals surface area contributed by atoms with E-state index in [4.69, 9.17) is 9.47 Å². The zero-order valence-corrected chi connectivity index (χ0v) is 17.1. The molecule has 0 amide bonds. The van der Waals surface area contributed by atoms with Gasteiger partial charge in [-0.2, -0.15) is 0 Å². The lowest BCUT2D eigenvalue weighted by Gasteiger charge is -2.14. The monoisotopic (exact) mass is 408 g/mol. The molecule has 0 spiro atoms. The predicted molar refractivity (Wildman–Crippen MR) is 116 cm³/mol. The zero-order chi connectivity index (χ0) is 21.2. The van der Waals surface area contributed by atoms with Crippen molar-refractivity contribution in [1.82, 2.24) is 15.6 Å². The number of aromatic nitrogens is 1. The molecule has 7 heteroatoms. The van der Waals surface area contributed by atoms with Crippen LogP contribution in [0.4, 0.5) is 4.39 Å². The average molecular weight is 408 g/mol. The van der Waals surface area contributed by atoms with Gasteiger partial charge in [-0.3, -0.25) is 4.99 Å². The van der Waals surface area contributed by atoms with Crippen LogP contribution in [0.2, 0.25) is 0 Å². The van der Waals surface area contributed by atoms with Crippen molar-refractivity contribution < 1.29 is 13.9 Å². The van der Waals surface area contributed by atoms with Gasteiger partial charge in [-0.1, -0.05) is 30.3 Å². The molecule has 0 fully saturated rings. The third kappa shape index (κ3) is 5.94. The number of pyridine rings is 1. The fraction of sp³-hybridized carbons (Fsp3) is 0.217. The van der Waals surface area contributed by atoms with Gasteiger partial charge in [-0.05, 0) is 36.2 Å². The lowest BCUT2D eigenvalue weighted by atomic mass is 10.1. The van der Waals surface area contributed by atoms with Gasteiger partial charge in [0.25, 0.3) is 0 Å². The largest absolute Gasteiger partial charge is 0.496 e. The molecule has 0 bridgehead atoms. The Bertz CT molecular complexity index is 994. The highest BCUT2D eigenvalue weighted by molar-refractivity contribution is 5.79. The van der Waals surface area contributed by atoms with E-state index in [1.165, 1.54) is 12.1 Å². The smallest absolute Gasteiger partial charge is 0.224 e. The quantitative estimate of drug-likeness (QED) is 0.437. The average Bonchev–Trinajstić information content (AvgIpc) is 2.77. The molecule has 0 aliphatic carbocycles. The minimum absolute atomic E-state index is 0.359. The van der Waals surface area contributed by atoms with Gasteiger partial charge in [0.1, 0.15) is 17.3 Å². The molecule has 3 rings (SSSR count). The summed E-state index contributed by atoms with van der Waals surface area (Å²) in [7, 11) is 3.38.